The summed E-state index contributed by atoms with van der Waals surface area (Å²) in [6.07, 6.45) is -8.29. The topological polar surface area (TPSA) is 180 Å². The molecular formula is C24H31F7N4O8. The molecule has 4 amide bonds. The van der Waals surface area contributed by atoms with Crippen molar-refractivity contribution in [2.24, 2.45) is 5.92 Å². The Labute approximate surface area is 240 Å². The Morgan fingerprint density at radius 3 is 1.93 bits per heavy atom. The van der Waals surface area contributed by atoms with E-state index in [1.54, 1.807) is 0 Å². The van der Waals surface area contributed by atoms with E-state index in [0.717, 1.165) is 6.92 Å². The summed E-state index contributed by atoms with van der Waals surface area (Å²) in [6, 6.07) is -3.54. The van der Waals surface area contributed by atoms with E-state index in [9.17, 15) is 59.5 Å². The highest BCUT2D eigenvalue weighted by Crippen LogP contribution is 2.23. The molecule has 12 nitrogen and oxygen atoms in total. The zero-order valence-electron chi connectivity index (χ0n) is 23.2. The van der Waals surface area contributed by atoms with Crippen LogP contribution in [0.3, 0.4) is 0 Å². The second-order valence-electron chi connectivity index (χ2n) is 9.34. The maximum Gasteiger partial charge on any atom is 0.471 e. The number of rotatable bonds is 17. The van der Waals surface area contributed by atoms with E-state index in [1.807, 2.05) is 5.32 Å². The Morgan fingerprint density at radius 2 is 1.44 bits per heavy atom. The highest BCUT2D eigenvalue weighted by atomic mass is 19.4. The van der Waals surface area contributed by atoms with E-state index in [0.29, 0.717) is 6.92 Å². The van der Waals surface area contributed by atoms with Crippen LogP contribution in [0.5, 0.6) is 0 Å². The lowest BCUT2D eigenvalue weighted by Gasteiger charge is -2.22. The first-order chi connectivity index (χ1) is 19.6. The van der Waals surface area contributed by atoms with Crippen molar-refractivity contribution in [3.63, 3.8) is 0 Å². The van der Waals surface area contributed by atoms with E-state index < -0.39 is 109 Å². The number of carbonyl (C=O) groups excluding carboxylic acids is 5. The molecule has 0 aliphatic heterocycles. The third-order valence-corrected chi connectivity index (χ3v) is 4.91. The van der Waals surface area contributed by atoms with Gasteiger partial charge >= 0.3 is 18.1 Å². The van der Waals surface area contributed by atoms with Crippen molar-refractivity contribution in [1.82, 2.24) is 21.3 Å². The number of ketones is 1. The number of nitrogens with one attached hydrogen (secondary N) is 4. The van der Waals surface area contributed by atoms with Crippen molar-refractivity contribution >= 4 is 35.4 Å². The quantitative estimate of drug-likeness (QED) is 0.117. The first-order valence-corrected chi connectivity index (χ1v) is 12.2. The van der Waals surface area contributed by atoms with Crippen LogP contribution in [0.4, 0.5) is 30.7 Å². The predicted octanol–water partition coefficient (Wildman–Crippen LogP) is 1.22. The summed E-state index contributed by atoms with van der Waals surface area (Å²) in [7, 11) is 0. The van der Waals surface area contributed by atoms with Crippen LogP contribution < -0.4 is 21.3 Å². The fraction of sp³-hybridized carbons (Fsp3) is 0.583. The molecule has 244 valence electrons. The lowest BCUT2D eigenvalue weighted by atomic mass is 10.0. The van der Waals surface area contributed by atoms with Gasteiger partial charge in [-0.3, -0.25) is 28.8 Å². The maximum absolute atomic E-state index is 14.3. The van der Waals surface area contributed by atoms with Crippen LogP contribution in [-0.2, 0) is 33.5 Å². The summed E-state index contributed by atoms with van der Waals surface area (Å²) in [5.41, 5.74) is 0. The summed E-state index contributed by atoms with van der Waals surface area (Å²) in [6.45, 7) is 1.66. The van der Waals surface area contributed by atoms with E-state index in [4.69, 9.17) is 5.11 Å². The molecule has 0 aromatic rings. The average Bonchev–Trinajstić information content (AvgIpc) is 2.85. The Kier molecular flexibility index (Phi) is 15.6. The second-order valence-corrected chi connectivity index (χ2v) is 9.34. The second kappa shape index (κ2) is 17.2. The van der Waals surface area contributed by atoms with E-state index >= 15 is 0 Å². The monoisotopic (exact) mass is 636 g/mol. The number of alkyl halides is 5. The van der Waals surface area contributed by atoms with Crippen molar-refractivity contribution in [2.45, 2.75) is 64.4 Å². The van der Waals surface area contributed by atoms with Gasteiger partial charge in [-0.05, 0) is 25.8 Å². The number of hydrogen-bond acceptors (Lipinski definition) is 7. The molecule has 4 atom stereocenters. The van der Waals surface area contributed by atoms with Crippen molar-refractivity contribution in [1.29, 1.82) is 0 Å². The number of allylic oxidation sites excluding steroid dienone is 3. The molecule has 4 unspecified atom stereocenters. The first kappa shape index (κ1) is 39.0. The van der Waals surface area contributed by atoms with Gasteiger partial charge in [0.05, 0.1) is 19.5 Å². The van der Waals surface area contributed by atoms with Crippen LogP contribution in [0.25, 0.3) is 0 Å². The Balaban J connectivity index is 5.04. The molecule has 0 heterocycles. The van der Waals surface area contributed by atoms with Crippen molar-refractivity contribution in [3.05, 3.63) is 23.8 Å². The molecular weight excluding hydrogens is 605 g/mol. The maximum atomic E-state index is 14.3. The Morgan fingerprint density at radius 1 is 0.884 bits per heavy atom. The van der Waals surface area contributed by atoms with Crippen molar-refractivity contribution in [3.8, 4) is 0 Å². The molecule has 0 aromatic heterocycles. The lowest BCUT2D eigenvalue weighted by Crippen LogP contribution is -2.55. The minimum atomic E-state index is -5.42. The molecule has 5 N–H and O–H groups in total. The van der Waals surface area contributed by atoms with Gasteiger partial charge in [0.1, 0.15) is 24.9 Å². The van der Waals surface area contributed by atoms with Crippen LogP contribution in [0.2, 0.25) is 0 Å². The number of aliphatic carboxylic acids is 1. The van der Waals surface area contributed by atoms with Gasteiger partial charge in [0, 0.05) is 6.08 Å². The molecule has 0 rings (SSSR count). The van der Waals surface area contributed by atoms with E-state index in [2.05, 4.69) is 15.4 Å². The number of ether oxygens (including phenoxy) is 1. The number of Topliss-reactive ketones (excluding diaryl/α,β-unsaturated/α-hetero) is 1. The smallest absolute Gasteiger partial charge is 0.471 e. The van der Waals surface area contributed by atoms with Crippen molar-refractivity contribution < 1.29 is 69.3 Å². The van der Waals surface area contributed by atoms with Crippen LogP contribution in [0.1, 0.15) is 34.1 Å². The summed E-state index contributed by atoms with van der Waals surface area (Å²) >= 11 is 0. The van der Waals surface area contributed by atoms with E-state index in [1.165, 1.54) is 19.2 Å². The van der Waals surface area contributed by atoms with E-state index in [-0.39, 0.29) is 12.2 Å². The first-order valence-electron chi connectivity index (χ1n) is 12.2. The van der Waals surface area contributed by atoms with Gasteiger partial charge in [-0.2, -0.15) is 13.2 Å². The molecule has 0 fully saturated rings. The third-order valence-electron chi connectivity index (χ3n) is 4.91. The molecule has 0 bridgehead atoms. The van der Waals surface area contributed by atoms with Gasteiger partial charge in [0.2, 0.25) is 23.6 Å². The highest BCUT2D eigenvalue weighted by Gasteiger charge is 2.41. The van der Waals surface area contributed by atoms with Crippen LogP contribution in [0, 0.1) is 5.92 Å². The summed E-state index contributed by atoms with van der Waals surface area (Å²) in [4.78, 5) is 70.7. The molecule has 43 heavy (non-hydrogen) atoms. The highest BCUT2D eigenvalue weighted by molar-refractivity contribution is 5.95. The molecule has 0 aliphatic rings. The molecule has 0 aliphatic carbocycles. The zero-order valence-corrected chi connectivity index (χ0v) is 23.2. The fourth-order valence-electron chi connectivity index (χ4n) is 2.86. The Bertz CT molecular complexity index is 1110. The molecule has 0 radical (unpaired) electrons. The van der Waals surface area contributed by atoms with Gasteiger partial charge in [-0.15, -0.1) is 0 Å². The van der Waals surface area contributed by atoms with Crippen LogP contribution in [-0.4, -0.2) is 90.5 Å². The summed E-state index contributed by atoms with van der Waals surface area (Å²) in [5, 5.41) is 16.1. The van der Waals surface area contributed by atoms with Crippen LogP contribution >= 0.6 is 0 Å². The zero-order chi connectivity index (χ0) is 33.7. The molecule has 0 saturated heterocycles. The number of carboxylic acids is 1. The number of hydrogen-bond donors (Lipinski definition) is 5. The van der Waals surface area contributed by atoms with Gasteiger partial charge in [0.25, 0.3) is 0 Å². The molecule has 0 saturated carbocycles. The minimum absolute atomic E-state index is 0.0182. The van der Waals surface area contributed by atoms with Gasteiger partial charge in [-0.25, -0.2) is 17.6 Å². The molecule has 0 aromatic carbocycles. The minimum Gasteiger partial charge on any atom is -0.481 e. The largest absolute Gasteiger partial charge is 0.481 e. The molecule has 0 spiro atoms. The standard InChI is InChI=1S/C24H31F7N4O8/c1-11(2)19(35-17(37)9-33-20(40)16(6-18(38)39)34-22(42)24(29,30)31)21(41)32-8-13(36)10-43-23(4,28)7-15(27)14(26)5-12(3)25/h5,7,11-12,16,19H,6,8-10H2,1-4H3,(H,32,41)(H,33,40)(H,34,42)(H,35,37)(H,38,39)/b14-5+,15-7+. The summed E-state index contributed by atoms with van der Waals surface area (Å²) in [5.74, 6) is -15.9. The van der Waals surface area contributed by atoms with Crippen molar-refractivity contribution in [2.75, 3.05) is 19.7 Å². The Hall–Kier alpha value is -4.03. The van der Waals surface area contributed by atoms with Gasteiger partial charge < -0.3 is 31.1 Å². The number of amides is 4. The number of carbonyl (C=O) groups is 6. The number of halogens is 7. The average molecular weight is 637 g/mol. The SMILES string of the molecule is CC(F)/C=C(F)\C(F)=C/C(C)(F)OCC(=O)CNC(=O)C(NC(=O)CNC(=O)C(CC(=O)O)NC(=O)C(F)(F)F)C(C)C. The van der Waals surface area contributed by atoms with Crippen LogP contribution in [0.15, 0.2) is 23.8 Å². The third kappa shape index (κ3) is 16.3. The lowest BCUT2D eigenvalue weighted by molar-refractivity contribution is -0.175. The number of carboxylic acid groups (broad SMARTS) is 1. The predicted molar refractivity (Wildman–Crippen MR) is 132 cm³/mol. The summed E-state index contributed by atoms with van der Waals surface area (Å²) < 4.78 is 95.9. The fourth-order valence-corrected chi connectivity index (χ4v) is 2.86. The van der Waals surface area contributed by atoms with Gasteiger partial charge in [0.15, 0.2) is 17.4 Å². The molecule has 19 heteroatoms. The van der Waals surface area contributed by atoms with Gasteiger partial charge in [-0.1, -0.05) is 13.8 Å². The normalized spacial score (nSPS) is 15.9.